The molecule has 0 heterocycles. The van der Waals surface area contributed by atoms with E-state index >= 15 is 0 Å². The Kier molecular flexibility index (Phi) is 5.31. The van der Waals surface area contributed by atoms with Crippen molar-refractivity contribution in [2.45, 2.75) is 30.5 Å². The Balaban J connectivity index is 2.71. The van der Waals surface area contributed by atoms with Crippen molar-refractivity contribution in [2.75, 3.05) is 6.54 Å². The Bertz CT molecular complexity index is 511. The van der Waals surface area contributed by atoms with Crippen LogP contribution >= 0.6 is 11.6 Å². The molecule has 0 spiro atoms. The second-order valence-electron chi connectivity index (χ2n) is 3.95. The second kappa shape index (κ2) is 6.31. The second-order valence-corrected chi connectivity index (χ2v) is 6.25. The molecule has 1 rings (SSSR count). The largest absolute Gasteiger partial charge is 0.298 e. The standard InChI is InChI=1S/C12H16ClNO3S/c1-3-12(15)11(13)8-14-18(16,17)10-6-4-9(2)5-7-10/h4-7,11,14H,3,8H2,1-2H3. The Hall–Kier alpha value is -0.910. The molecule has 0 fully saturated rings. The van der Waals surface area contributed by atoms with Crippen LogP contribution in [0.2, 0.25) is 0 Å². The zero-order chi connectivity index (χ0) is 13.8. The molecular weight excluding hydrogens is 274 g/mol. The van der Waals surface area contributed by atoms with Crippen LogP contribution in [0.4, 0.5) is 0 Å². The van der Waals surface area contributed by atoms with E-state index in [1.54, 1.807) is 19.1 Å². The molecule has 0 bridgehead atoms. The lowest BCUT2D eigenvalue weighted by atomic mass is 10.2. The van der Waals surface area contributed by atoms with Crippen molar-refractivity contribution in [1.82, 2.24) is 4.72 Å². The summed E-state index contributed by atoms with van der Waals surface area (Å²) >= 11 is 5.77. The number of hydrogen-bond donors (Lipinski definition) is 1. The topological polar surface area (TPSA) is 63.2 Å². The summed E-state index contributed by atoms with van der Waals surface area (Å²) in [7, 11) is -3.60. The molecule has 1 unspecified atom stereocenters. The molecule has 0 aliphatic carbocycles. The number of ketones is 1. The number of nitrogens with one attached hydrogen (secondary N) is 1. The molecule has 100 valence electrons. The molecule has 0 saturated carbocycles. The van der Waals surface area contributed by atoms with Crippen molar-refractivity contribution < 1.29 is 13.2 Å². The summed E-state index contributed by atoms with van der Waals surface area (Å²) < 4.78 is 26.1. The highest BCUT2D eigenvalue weighted by atomic mass is 35.5. The van der Waals surface area contributed by atoms with E-state index in [2.05, 4.69) is 4.72 Å². The van der Waals surface area contributed by atoms with Crippen molar-refractivity contribution in [1.29, 1.82) is 0 Å². The number of aryl methyl sites for hydroxylation is 1. The maximum Gasteiger partial charge on any atom is 0.240 e. The number of sulfonamides is 1. The van der Waals surface area contributed by atoms with Gasteiger partial charge in [0.2, 0.25) is 10.0 Å². The summed E-state index contributed by atoms with van der Waals surface area (Å²) in [6.45, 7) is 3.47. The number of carbonyl (C=O) groups excluding carboxylic acids is 1. The van der Waals surface area contributed by atoms with Gasteiger partial charge in [-0.25, -0.2) is 13.1 Å². The summed E-state index contributed by atoms with van der Waals surface area (Å²) in [6, 6.07) is 6.46. The Morgan fingerprint density at radius 3 is 2.39 bits per heavy atom. The summed E-state index contributed by atoms with van der Waals surface area (Å²) in [4.78, 5) is 11.4. The fourth-order valence-electron chi connectivity index (χ4n) is 1.32. The van der Waals surface area contributed by atoms with E-state index in [4.69, 9.17) is 11.6 Å². The average molecular weight is 290 g/mol. The third-order valence-corrected chi connectivity index (χ3v) is 4.32. The summed E-state index contributed by atoms with van der Waals surface area (Å²) in [5, 5.41) is -0.824. The summed E-state index contributed by atoms with van der Waals surface area (Å²) in [6.07, 6.45) is 0.292. The molecule has 18 heavy (non-hydrogen) atoms. The fraction of sp³-hybridized carbons (Fsp3) is 0.417. The van der Waals surface area contributed by atoms with Crippen LogP contribution in [-0.2, 0) is 14.8 Å². The highest BCUT2D eigenvalue weighted by Crippen LogP contribution is 2.10. The SMILES string of the molecule is CCC(=O)C(Cl)CNS(=O)(=O)c1ccc(C)cc1. The van der Waals surface area contributed by atoms with Gasteiger partial charge in [0.1, 0.15) is 5.38 Å². The first-order valence-corrected chi connectivity index (χ1v) is 7.52. The van der Waals surface area contributed by atoms with Gasteiger partial charge in [0.25, 0.3) is 0 Å². The lowest BCUT2D eigenvalue weighted by Gasteiger charge is -2.10. The van der Waals surface area contributed by atoms with Crippen LogP contribution in [0.5, 0.6) is 0 Å². The van der Waals surface area contributed by atoms with Crippen LogP contribution in [0.1, 0.15) is 18.9 Å². The monoisotopic (exact) mass is 289 g/mol. The maximum atomic E-state index is 11.9. The fourth-order valence-corrected chi connectivity index (χ4v) is 2.69. The van der Waals surface area contributed by atoms with Gasteiger partial charge in [0, 0.05) is 13.0 Å². The number of benzene rings is 1. The van der Waals surface area contributed by atoms with Crippen LogP contribution in [0, 0.1) is 6.92 Å². The third kappa shape index (κ3) is 4.08. The predicted molar refractivity (Wildman–Crippen MR) is 71.3 cm³/mol. The number of hydrogen-bond acceptors (Lipinski definition) is 3. The van der Waals surface area contributed by atoms with Crippen LogP contribution in [0.3, 0.4) is 0 Å². The van der Waals surface area contributed by atoms with E-state index in [9.17, 15) is 13.2 Å². The Morgan fingerprint density at radius 2 is 1.89 bits per heavy atom. The van der Waals surface area contributed by atoms with Crippen molar-refractivity contribution in [3.63, 3.8) is 0 Å². The number of halogens is 1. The molecule has 0 aliphatic rings. The van der Waals surface area contributed by atoms with Crippen LogP contribution in [0.15, 0.2) is 29.2 Å². The molecule has 4 nitrogen and oxygen atoms in total. The number of rotatable bonds is 6. The molecule has 1 N–H and O–H groups in total. The highest BCUT2D eigenvalue weighted by molar-refractivity contribution is 7.89. The van der Waals surface area contributed by atoms with Gasteiger partial charge in [-0.2, -0.15) is 0 Å². The number of Topliss-reactive ketones (excluding diaryl/α,β-unsaturated/α-hetero) is 1. The van der Waals surface area contributed by atoms with Crippen LogP contribution < -0.4 is 4.72 Å². The summed E-state index contributed by atoms with van der Waals surface area (Å²) in [5.74, 6) is -0.178. The Labute approximate surface area is 112 Å². The van der Waals surface area contributed by atoms with Crippen LogP contribution in [0.25, 0.3) is 0 Å². The Morgan fingerprint density at radius 1 is 1.33 bits per heavy atom. The quantitative estimate of drug-likeness (QED) is 0.813. The molecule has 0 saturated heterocycles. The molecule has 1 aromatic carbocycles. The van der Waals surface area contributed by atoms with Gasteiger partial charge in [0.05, 0.1) is 4.90 Å². The smallest absolute Gasteiger partial charge is 0.240 e. The minimum absolute atomic E-state index is 0.0928. The average Bonchev–Trinajstić information content (AvgIpc) is 2.35. The molecule has 1 aromatic rings. The zero-order valence-corrected chi connectivity index (χ0v) is 11.9. The van der Waals surface area contributed by atoms with Crippen molar-refractivity contribution in [2.24, 2.45) is 0 Å². The summed E-state index contributed by atoms with van der Waals surface area (Å²) in [5.41, 5.74) is 0.977. The molecule has 1 atom stereocenters. The molecule has 6 heteroatoms. The van der Waals surface area contributed by atoms with Crippen molar-refractivity contribution in [3.05, 3.63) is 29.8 Å². The molecule has 0 radical (unpaired) electrons. The van der Waals surface area contributed by atoms with Gasteiger partial charge in [-0.3, -0.25) is 4.79 Å². The van der Waals surface area contributed by atoms with E-state index in [0.29, 0.717) is 6.42 Å². The minimum Gasteiger partial charge on any atom is -0.298 e. The van der Waals surface area contributed by atoms with Crippen LogP contribution in [-0.4, -0.2) is 26.1 Å². The highest BCUT2D eigenvalue weighted by Gasteiger charge is 2.18. The van der Waals surface area contributed by atoms with Gasteiger partial charge in [0.15, 0.2) is 5.78 Å². The normalized spacial score (nSPS) is 13.3. The first kappa shape index (κ1) is 15.1. The molecule has 0 amide bonds. The molecule has 0 aromatic heterocycles. The van der Waals surface area contributed by atoms with Crippen molar-refractivity contribution in [3.8, 4) is 0 Å². The van der Waals surface area contributed by atoms with E-state index in [1.807, 2.05) is 6.92 Å². The van der Waals surface area contributed by atoms with Gasteiger partial charge in [-0.05, 0) is 19.1 Å². The molecular formula is C12H16ClNO3S. The third-order valence-electron chi connectivity index (χ3n) is 2.48. The van der Waals surface area contributed by atoms with E-state index in [-0.39, 0.29) is 17.2 Å². The van der Waals surface area contributed by atoms with Gasteiger partial charge < -0.3 is 0 Å². The first-order valence-electron chi connectivity index (χ1n) is 5.60. The van der Waals surface area contributed by atoms with Gasteiger partial charge >= 0.3 is 0 Å². The first-order chi connectivity index (χ1) is 8.36. The lowest BCUT2D eigenvalue weighted by Crippen LogP contribution is -2.33. The minimum atomic E-state index is -3.60. The van der Waals surface area contributed by atoms with Gasteiger partial charge in [-0.15, -0.1) is 11.6 Å². The molecule has 0 aliphatic heterocycles. The lowest BCUT2D eigenvalue weighted by molar-refractivity contribution is -0.118. The predicted octanol–water partition coefficient (Wildman–Crippen LogP) is 1.86. The number of carbonyl (C=O) groups is 1. The van der Waals surface area contributed by atoms with E-state index in [0.717, 1.165) is 5.56 Å². The van der Waals surface area contributed by atoms with Gasteiger partial charge in [-0.1, -0.05) is 24.6 Å². The van der Waals surface area contributed by atoms with Crippen molar-refractivity contribution >= 4 is 27.4 Å². The number of alkyl halides is 1. The zero-order valence-electron chi connectivity index (χ0n) is 10.3. The van der Waals surface area contributed by atoms with E-state index < -0.39 is 15.4 Å². The maximum absolute atomic E-state index is 11.9. The van der Waals surface area contributed by atoms with E-state index in [1.165, 1.54) is 12.1 Å².